The SMILES string of the molecule is C=C(CSc1cccc(Br)c1)[B-](F)(F)F. The van der Waals surface area contributed by atoms with Crippen molar-refractivity contribution in [2.75, 3.05) is 5.75 Å². The van der Waals surface area contributed by atoms with Crippen LogP contribution in [0.4, 0.5) is 12.9 Å². The summed E-state index contributed by atoms with van der Waals surface area (Å²) in [6.45, 7) is -1.87. The molecule has 0 unspecified atom stereocenters. The molecular formula is C9H8BBrF3S-. The van der Waals surface area contributed by atoms with Gasteiger partial charge in [0.2, 0.25) is 0 Å². The van der Waals surface area contributed by atoms with E-state index in [1.165, 1.54) is 0 Å². The fourth-order valence-corrected chi connectivity index (χ4v) is 2.30. The molecule has 0 heterocycles. The second kappa shape index (κ2) is 5.12. The Morgan fingerprint density at radius 1 is 1.40 bits per heavy atom. The predicted octanol–water partition coefficient (Wildman–Crippen LogP) is 4.48. The predicted molar refractivity (Wildman–Crippen MR) is 63.1 cm³/mol. The van der Waals surface area contributed by atoms with Gasteiger partial charge in [0.15, 0.2) is 0 Å². The Balaban J connectivity index is 2.55. The van der Waals surface area contributed by atoms with E-state index in [-0.39, 0.29) is 5.75 Å². The van der Waals surface area contributed by atoms with Crippen LogP contribution in [0, 0.1) is 0 Å². The van der Waals surface area contributed by atoms with Crippen LogP contribution in [0.25, 0.3) is 0 Å². The Morgan fingerprint density at radius 3 is 2.60 bits per heavy atom. The summed E-state index contributed by atoms with van der Waals surface area (Å²) in [6, 6.07) is 7.16. The molecule has 0 aliphatic rings. The van der Waals surface area contributed by atoms with E-state index in [4.69, 9.17) is 0 Å². The first-order valence-corrected chi connectivity index (χ1v) is 5.93. The van der Waals surface area contributed by atoms with Crippen LogP contribution in [0.3, 0.4) is 0 Å². The average Bonchev–Trinajstić information content (AvgIpc) is 2.12. The highest BCUT2D eigenvalue weighted by atomic mass is 79.9. The van der Waals surface area contributed by atoms with E-state index in [2.05, 4.69) is 22.5 Å². The van der Waals surface area contributed by atoms with Crippen molar-refractivity contribution >= 4 is 34.7 Å². The van der Waals surface area contributed by atoms with Gasteiger partial charge in [0, 0.05) is 9.37 Å². The molecule has 1 rings (SSSR count). The average molecular weight is 296 g/mol. The summed E-state index contributed by atoms with van der Waals surface area (Å²) in [5.74, 6) is -0.111. The maximum Gasteiger partial charge on any atom is 0.505 e. The second-order valence-electron chi connectivity index (χ2n) is 2.98. The topological polar surface area (TPSA) is 0 Å². The van der Waals surface area contributed by atoms with E-state index >= 15 is 0 Å². The summed E-state index contributed by atoms with van der Waals surface area (Å²) < 4.78 is 37.4. The van der Waals surface area contributed by atoms with Gasteiger partial charge in [0.05, 0.1) is 0 Å². The molecule has 0 N–H and O–H groups in total. The number of hydrogen-bond acceptors (Lipinski definition) is 1. The van der Waals surface area contributed by atoms with Crippen molar-refractivity contribution in [1.82, 2.24) is 0 Å². The van der Waals surface area contributed by atoms with Crippen LogP contribution in [0.1, 0.15) is 0 Å². The quantitative estimate of drug-likeness (QED) is 0.583. The number of thioether (sulfide) groups is 1. The van der Waals surface area contributed by atoms with Gasteiger partial charge in [0.25, 0.3) is 0 Å². The zero-order valence-electron chi connectivity index (χ0n) is 7.72. The second-order valence-corrected chi connectivity index (χ2v) is 4.94. The highest BCUT2D eigenvalue weighted by molar-refractivity contribution is 9.10. The minimum atomic E-state index is -4.91. The largest absolute Gasteiger partial charge is 0.505 e. The number of halogens is 4. The van der Waals surface area contributed by atoms with Crippen LogP contribution >= 0.6 is 27.7 Å². The summed E-state index contributed by atoms with van der Waals surface area (Å²) >= 11 is 4.39. The Labute approximate surface area is 99.1 Å². The third-order valence-electron chi connectivity index (χ3n) is 1.68. The molecule has 82 valence electrons. The molecule has 0 spiro atoms. The molecule has 1 aromatic rings. The Kier molecular flexibility index (Phi) is 4.34. The Hall–Kier alpha value is -0.355. The van der Waals surface area contributed by atoms with Gasteiger partial charge in [-0.3, -0.25) is 0 Å². The zero-order chi connectivity index (χ0) is 11.5. The van der Waals surface area contributed by atoms with Crippen LogP contribution in [0.15, 0.2) is 45.7 Å². The van der Waals surface area contributed by atoms with Gasteiger partial charge in [-0.15, -0.1) is 23.8 Å². The molecule has 0 aliphatic heterocycles. The molecule has 0 radical (unpaired) electrons. The lowest BCUT2D eigenvalue weighted by Gasteiger charge is -2.17. The zero-order valence-corrected chi connectivity index (χ0v) is 10.1. The van der Waals surface area contributed by atoms with Crippen LogP contribution < -0.4 is 0 Å². The van der Waals surface area contributed by atoms with E-state index in [0.29, 0.717) is 0 Å². The monoisotopic (exact) mass is 295 g/mol. The maximum absolute atomic E-state index is 12.2. The third-order valence-corrected chi connectivity index (χ3v) is 3.28. The van der Waals surface area contributed by atoms with Gasteiger partial charge in [-0.25, -0.2) is 0 Å². The number of hydrogen-bond donors (Lipinski definition) is 0. The van der Waals surface area contributed by atoms with E-state index in [1.54, 1.807) is 18.2 Å². The van der Waals surface area contributed by atoms with Crippen LogP contribution in [0.5, 0.6) is 0 Å². The van der Waals surface area contributed by atoms with Gasteiger partial charge in [-0.1, -0.05) is 22.0 Å². The van der Waals surface area contributed by atoms with E-state index < -0.39 is 12.4 Å². The molecule has 6 heteroatoms. The molecule has 15 heavy (non-hydrogen) atoms. The van der Waals surface area contributed by atoms with Crippen molar-refractivity contribution in [2.24, 2.45) is 0 Å². The summed E-state index contributed by atoms with van der Waals surface area (Å²) in [5.41, 5.74) is -0.653. The fourth-order valence-electron chi connectivity index (χ4n) is 0.827. The van der Waals surface area contributed by atoms with Gasteiger partial charge >= 0.3 is 6.98 Å². The van der Waals surface area contributed by atoms with Gasteiger partial charge in [-0.05, 0) is 24.0 Å². The maximum atomic E-state index is 12.2. The van der Waals surface area contributed by atoms with Crippen molar-refractivity contribution in [3.8, 4) is 0 Å². The highest BCUT2D eigenvalue weighted by Gasteiger charge is 2.26. The summed E-state index contributed by atoms with van der Waals surface area (Å²) in [5, 5.41) is 0. The standard InChI is InChI=1S/C9H8BBrF3S/c1-7(10(12,13)14)6-15-9-4-2-3-8(11)5-9/h2-5H,1,6H2/q-1. The molecule has 0 bridgehead atoms. The first-order valence-electron chi connectivity index (χ1n) is 4.15. The first-order chi connectivity index (χ1) is 6.89. The molecule has 0 nitrogen and oxygen atoms in total. The van der Waals surface area contributed by atoms with Crippen molar-refractivity contribution in [2.45, 2.75) is 4.90 Å². The Bertz CT molecular complexity index is 365. The molecule has 0 atom stereocenters. The van der Waals surface area contributed by atoms with Crippen molar-refractivity contribution < 1.29 is 12.9 Å². The number of benzene rings is 1. The van der Waals surface area contributed by atoms with Crippen LogP contribution in [-0.4, -0.2) is 12.7 Å². The highest BCUT2D eigenvalue weighted by Crippen LogP contribution is 2.27. The fraction of sp³-hybridized carbons (Fsp3) is 0.111. The first kappa shape index (κ1) is 12.7. The summed E-state index contributed by atoms with van der Waals surface area (Å²) in [6.07, 6.45) is 0. The van der Waals surface area contributed by atoms with Crippen LogP contribution in [0.2, 0.25) is 0 Å². The molecular weight excluding hydrogens is 288 g/mol. The summed E-state index contributed by atoms with van der Waals surface area (Å²) in [4.78, 5) is 0.797. The smallest absolute Gasteiger partial charge is 0.445 e. The van der Waals surface area contributed by atoms with Gasteiger partial charge in [0.1, 0.15) is 0 Å². The molecule has 0 aromatic heterocycles. The minimum Gasteiger partial charge on any atom is -0.445 e. The summed E-state index contributed by atoms with van der Waals surface area (Å²) in [7, 11) is 0. The molecule has 0 fully saturated rings. The molecule has 0 saturated carbocycles. The lowest BCUT2D eigenvalue weighted by atomic mass is 9.82. The Morgan fingerprint density at radius 2 is 2.07 bits per heavy atom. The van der Waals surface area contributed by atoms with Crippen LogP contribution in [-0.2, 0) is 0 Å². The molecule has 0 saturated heterocycles. The molecule has 0 aliphatic carbocycles. The number of rotatable bonds is 4. The molecule has 0 amide bonds. The molecule has 1 aromatic carbocycles. The lowest BCUT2D eigenvalue weighted by Crippen LogP contribution is -2.20. The minimum absolute atomic E-state index is 0.111. The van der Waals surface area contributed by atoms with E-state index in [9.17, 15) is 12.9 Å². The normalized spacial score (nSPS) is 11.5. The van der Waals surface area contributed by atoms with Gasteiger partial charge in [-0.2, -0.15) is 0 Å². The van der Waals surface area contributed by atoms with Crippen molar-refractivity contribution in [3.63, 3.8) is 0 Å². The van der Waals surface area contributed by atoms with Gasteiger partial charge < -0.3 is 12.9 Å². The van der Waals surface area contributed by atoms with E-state index in [0.717, 1.165) is 21.1 Å². The lowest BCUT2D eigenvalue weighted by molar-refractivity contribution is 0.491. The van der Waals surface area contributed by atoms with E-state index in [1.807, 2.05) is 6.07 Å². The van der Waals surface area contributed by atoms with Crippen molar-refractivity contribution in [3.05, 3.63) is 40.8 Å². The third kappa shape index (κ3) is 4.34. The van der Waals surface area contributed by atoms with Crippen molar-refractivity contribution in [1.29, 1.82) is 0 Å².